The summed E-state index contributed by atoms with van der Waals surface area (Å²) in [5.41, 5.74) is -3.13. The Morgan fingerprint density at radius 3 is 2.12 bits per heavy atom. The van der Waals surface area contributed by atoms with Crippen LogP contribution in [0.5, 0.6) is 0 Å². The third kappa shape index (κ3) is 6.23. The zero-order valence-electron chi connectivity index (χ0n) is 33.9. The molecule has 324 valence electrons. The Labute approximate surface area is 329 Å². The number of ether oxygens (including phenoxy) is 4. The molecule has 5 aliphatic carbocycles. The molecule has 2 spiro atoms. The summed E-state index contributed by atoms with van der Waals surface area (Å²) in [6.07, 6.45) is -9.36. The first-order chi connectivity index (χ1) is 26.1. The number of aliphatic hydroxyl groups excluding tert-OH is 11. The lowest BCUT2D eigenvalue weighted by atomic mass is 9.41. The maximum atomic E-state index is 12.4. The molecule has 2 heterocycles. The van der Waals surface area contributed by atoms with Crippen LogP contribution in [-0.4, -0.2) is 161 Å². The van der Waals surface area contributed by atoms with Gasteiger partial charge in [-0.2, -0.15) is 0 Å². The van der Waals surface area contributed by atoms with Crippen molar-refractivity contribution in [3.8, 4) is 0 Å². The highest BCUT2D eigenvalue weighted by Crippen LogP contribution is 2.89. The Morgan fingerprint density at radius 2 is 1.46 bits per heavy atom. The van der Waals surface area contributed by atoms with E-state index in [2.05, 4.69) is 27.7 Å². The van der Waals surface area contributed by atoms with E-state index in [0.29, 0.717) is 38.5 Å². The first kappa shape index (κ1) is 43.5. The van der Waals surface area contributed by atoms with E-state index in [-0.39, 0.29) is 53.8 Å². The molecule has 0 unspecified atom stereocenters. The lowest BCUT2D eigenvalue weighted by Gasteiger charge is -2.65. The van der Waals surface area contributed by atoms with Crippen molar-refractivity contribution in [1.82, 2.24) is 0 Å². The van der Waals surface area contributed by atoms with Crippen LogP contribution in [-0.2, 0) is 18.9 Å². The normalized spacial score (nSPS) is 53.6. The van der Waals surface area contributed by atoms with Crippen molar-refractivity contribution in [3.05, 3.63) is 0 Å². The smallest absolute Gasteiger partial charge is 0.186 e. The molecule has 0 aromatic carbocycles. The number of aliphatic hydroxyl groups is 11. The van der Waals surface area contributed by atoms with E-state index < -0.39 is 102 Å². The van der Waals surface area contributed by atoms with Gasteiger partial charge in [-0.3, -0.25) is 0 Å². The topological polar surface area (TPSA) is 259 Å². The average molecular weight is 803 g/mol. The van der Waals surface area contributed by atoms with Gasteiger partial charge in [-0.1, -0.05) is 27.7 Å². The van der Waals surface area contributed by atoms with Crippen molar-refractivity contribution in [3.63, 3.8) is 0 Å². The van der Waals surface area contributed by atoms with Gasteiger partial charge in [0.05, 0.1) is 43.2 Å². The monoisotopic (exact) mass is 802 g/mol. The van der Waals surface area contributed by atoms with E-state index in [9.17, 15) is 56.2 Å². The third-order valence-electron chi connectivity index (χ3n) is 17.3. The highest BCUT2D eigenvalue weighted by atomic mass is 16.7. The van der Waals surface area contributed by atoms with Crippen LogP contribution in [0.4, 0.5) is 0 Å². The molecule has 15 nitrogen and oxygen atoms in total. The molecular weight excluding hydrogens is 732 g/mol. The van der Waals surface area contributed by atoms with E-state index in [4.69, 9.17) is 18.9 Å². The minimum absolute atomic E-state index is 0.0664. The van der Waals surface area contributed by atoms with Crippen LogP contribution < -0.4 is 0 Å². The van der Waals surface area contributed by atoms with Gasteiger partial charge in [0.25, 0.3) is 0 Å². The molecule has 2 aliphatic heterocycles. The number of fused-ring (bicyclic) bond motifs is 2. The van der Waals surface area contributed by atoms with Crippen LogP contribution >= 0.6 is 0 Å². The van der Waals surface area contributed by atoms with Crippen LogP contribution in [0.3, 0.4) is 0 Å². The largest absolute Gasteiger partial charge is 0.396 e. The standard InChI is InChI=1S/C41H70O15/c1-19(7-8-25(47)37(4,5)56-34-31(51)28(48)22(46)16-53-34)27-21(45)14-38(6)33-20(44)13-24-36(2,3)26(55-35-32(52)30(50)29(49)23(15-42)54-35)9-10-39(24)17-40(33,39)11-12-41(27,38)18-43/h19-35,42-52H,7-18H2,1-6H3/t19-,20+,21+,22+,23-,24+,25-,26+,27+,28-,29-,30+,31+,32-,33+,34-,35+,38+,39-,40+,41+/m1/s1. The molecule has 21 atom stereocenters. The molecule has 11 N–H and O–H groups in total. The molecule has 7 aliphatic rings. The van der Waals surface area contributed by atoms with Gasteiger partial charge in [-0.25, -0.2) is 0 Å². The Kier molecular flexibility index (Phi) is 11.5. The highest BCUT2D eigenvalue weighted by molar-refractivity contribution is 5.33. The van der Waals surface area contributed by atoms with Gasteiger partial charge in [0.1, 0.15) is 42.7 Å². The van der Waals surface area contributed by atoms with Gasteiger partial charge in [0, 0.05) is 12.0 Å². The van der Waals surface area contributed by atoms with Gasteiger partial charge < -0.3 is 75.1 Å². The van der Waals surface area contributed by atoms with E-state index >= 15 is 0 Å². The first-order valence-electron chi connectivity index (χ1n) is 21.0. The zero-order valence-corrected chi connectivity index (χ0v) is 33.9. The molecule has 7 rings (SSSR count). The molecule has 5 saturated carbocycles. The maximum absolute atomic E-state index is 12.4. The molecule has 2 saturated heterocycles. The van der Waals surface area contributed by atoms with Crippen LogP contribution in [0.1, 0.15) is 99.3 Å². The molecule has 0 aromatic heterocycles. The minimum atomic E-state index is -1.54. The first-order valence-corrected chi connectivity index (χ1v) is 21.0. The van der Waals surface area contributed by atoms with Crippen molar-refractivity contribution in [1.29, 1.82) is 0 Å². The van der Waals surface area contributed by atoms with Gasteiger partial charge in [-0.15, -0.1) is 0 Å². The Bertz CT molecular complexity index is 1410. The van der Waals surface area contributed by atoms with Gasteiger partial charge in [-0.05, 0) is 117 Å². The fourth-order valence-electron chi connectivity index (χ4n) is 14.4. The van der Waals surface area contributed by atoms with E-state index in [0.717, 1.165) is 19.3 Å². The Hall–Kier alpha value is -0.600. The second kappa shape index (κ2) is 14.8. The molecule has 7 fully saturated rings. The van der Waals surface area contributed by atoms with Gasteiger partial charge in [0.15, 0.2) is 12.6 Å². The molecule has 0 amide bonds. The van der Waals surface area contributed by atoms with Crippen molar-refractivity contribution in [2.45, 2.75) is 185 Å². The molecule has 0 aromatic rings. The average Bonchev–Trinajstić information content (AvgIpc) is 3.72. The fraction of sp³-hybridized carbons (Fsp3) is 1.00. The summed E-state index contributed by atoms with van der Waals surface area (Å²) in [5, 5.41) is 119. The summed E-state index contributed by atoms with van der Waals surface area (Å²) in [4.78, 5) is 0. The van der Waals surface area contributed by atoms with Crippen molar-refractivity contribution < 1.29 is 75.1 Å². The zero-order chi connectivity index (χ0) is 41.1. The lowest BCUT2D eigenvalue weighted by molar-refractivity contribution is -0.327. The van der Waals surface area contributed by atoms with E-state index in [1.807, 2.05) is 0 Å². The van der Waals surface area contributed by atoms with Crippen LogP contribution in [0.2, 0.25) is 0 Å². The fourth-order valence-corrected chi connectivity index (χ4v) is 14.4. The quantitative estimate of drug-likeness (QED) is 0.118. The van der Waals surface area contributed by atoms with Crippen molar-refractivity contribution in [2.24, 2.45) is 50.7 Å². The van der Waals surface area contributed by atoms with E-state index in [1.165, 1.54) is 0 Å². The highest BCUT2D eigenvalue weighted by Gasteiger charge is 2.85. The molecule has 0 bridgehead atoms. The lowest BCUT2D eigenvalue weighted by Crippen LogP contribution is -2.64. The Balaban J connectivity index is 1.06. The molecular formula is C41H70O15. The molecule has 15 heteroatoms. The third-order valence-corrected chi connectivity index (χ3v) is 17.3. The van der Waals surface area contributed by atoms with Crippen LogP contribution in [0.15, 0.2) is 0 Å². The van der Waals surface area contributed by atoms with Crippen LogP contribution in [0.25, 0.3) is 0 Å². The predicted molar refractivity (Wildman–Crippen MR) is 197 cm³/mol. The number of hydrogen-bond donors (Lipinski definition) is 11. The summed E-state index contributed by atoms with van der Waals surface area (Å²) in [6, 6.07) is 0. The molecule has 56 heavy (non-hydrogen) atoms. The summed E-state index contributed by atoms with van der Waals surface area (Å²) in [7, 11) is 0. The summed E-state index contributed by atoms with van der Waals surface area (Å²) < 4.78 is 23.5. The molecule has 0 radical (unpaired) electrons. The second-order valence-corrected chi connectivity index (χ2v) is 20.6. The summed E-state index contributed by atoms with van der Waals surface area (Å²) in [6.45, 7) is 10.9. The maximum Gasteiger partial charge on any atom is 0.186 e. The van der Waals surface area contributed by atoms with Gasteiger partial charge in [0.2, 0.25) is 0 Å². The summed E-state index contributed by atoms with van der Waals surface area (Å²) >= 11 is 0. The van der Waals surface area contributed by atoms with Crippen LogP contribution in [0, 0.1) is 50.7 Å². The van der Waals surface area contributed by atoms with E-state index in [1.54, 1.807) is 13.8 Å². The van der Waals surface area contributed by atoms with Crippen molar-refractivity contribution in [2.75, 3.05) is 19.8 Å². The minimum Gasteiger partial charge on any atom is -0.396 e. The number of rotatable bonds is 11. The predicted octanol–water partition coefficient (Wildman–Crippen LogP) is -0.464. The number of hydrogen-bond acceptors (Lipinski definition) is 15. The SMILES string of the molecule is C[C@H](CC[C@@H](O)C(C)(C)O[C@H]1OC[C@H](O)[C@@H](O)[C@@H]1O)[C@H]1[C@@H](O)C[C@@]2(C)[C@@H]3[C@@H](O)C[C@H]4C(C)(C)[C@@H](O[C@@H]5O[C@H](CO)[C@@H](O)[C@H](O)[C@H]5O)CC[C@@]45C[C@@]35CC[C@]12CO. The summed E-state index contributed by atoms with van der Waals surface area (Å²) in [5.74, 6) is -0.476. The second-order valence-electron chi connectivity index (χ2n) is 20.6. The Morgan fingerprint density at radius 1 is 0.786 bits per heavy atom. The van der Waals surface area contributed by atoms with Crippen molar-refractivity contribution >= 4 is 0 Å². The van der Waals surface area contributed by atoms with Gasteiger partial charge >= 0.3 is 0 Å².